The Morgan fingerprint density at radius 3 is 2.50 bits per heavy atom. The monoisotopic (exact) mass is 400 g/mol. The molecule has 1 aliphatic rings. The third kappa shape index (κ3) is 4.79. The molecule has 0 radical (unpaired) electrons. The number of unbranched alkanes of at least 4 members (excludes halogenated alkanes) is 1. The Balaban J connectivity index is 1.71. The number of anilines is 1. The second-order valence-corrected chi connectivity index (χ2v) is 8.75. The van der Waals surface area contributed by atoms with Crippen molar-refractivity contribution < 1.29 is 14.7 Å². The Morgan fingerprint density at radius 2 is 1.86 bits per heavy atom. The van der Waals surface area contributed by atoms with Crippen LogP contribution >= 0.6 is 11.3 Å². The lowest BCUT2D eigenvalue weighted by molar-refractivity contribution is -0.147. The van der Waals surface area contributed by atoms with Gasteiger partial charge < -0.3 is 10.4 Å². The van der Waals surface area contributed by atoms with Gasteiger partial charge in [0, 0.05) is 10.4 Å². The predicted octanol–water partition coefficient (Wildman–Crippen LogP) is 5.29. The summed E-state index contributed by atoms with van der Waals surface area (Å²) in [6, 6.07) is 8.45. The van der Waals surface area contributed by atoms with Crippen LogP contribution in [0.2, 0.25) is 0 Å². The highest BCUT2D eigenvalue weighted by atomic mass is 32.1. The molecular weight excluding hydrogens is 372 g/mol. The molecule has 0 spiro atoms. The molecule has 1 heterocycles. The molecule has 1 fully saturated rings. The maximum Gasteiger partial charge on any atom is 0.307 e. The number of carboxylic acid groups (broad SMARTS) is 1. The van der Waals surface area contributed by atoms with Gasteiger partial charge in [0.15, 0.2) is 5.13 Å². The molecule has 6 heteroatoms. The molecule has 3 rings (SSSR count). The number of carbonyl (C=O) groups is 2. The fourth-order valence-electron chi connectivity index (χ4n) is 3.87. The summed E-state index contributed by atoms with van der Waals surface area (Å²) < 4.78 is 0. The Labute approximate surface area is 170 Å². The van der Waals surface area contributed by atoms with Crippen molar-refractivity contribution in [1.82, 2.24) is 4.98 Å². The van der Waals surface area contributed by atoms with E-state index in [9.17, 15) is 14.7 Å². The summed E-state index contributed by atoms with van der Waals surface area (Å²) in [5.41, 5.74) is 3.24. The Morgan fingerprint density at radius 1 is 1.18 bits per heavy atom. The molecule has 1 saturated carbocycles. The lowest BCUT2D eigenvalue weighted by Crippen LogP contribution is -2.36. The number of carbonyl (C=O) groups excluding carboxylic acids is 1. The smallest absolute Gasteiger partial charge is 0.307 e. The van der Waals surface area contributed by atoms with Gasteiger partial charge in [0.25, 0.3) is 0 Å². The topological polar surface area (TPSA) is 79.3 Å². The molecule has 150 valence electrons. The average Bonchev–Trinajstić information content (AvgIpc) is 3.06. The SMILES string of the molecule is CCCCc1ccc(-c2nc(NC(=O)[C@@H]3CCCC[C@H]3C(=O)O)sc2C)cc1. The number of thiazole rings is 1. The molecule has 0 bridgehead atoms. The van der Waals surface area contributed by atoms with E-state index in [2.05, 4.69) is 41.5 Å². The quantitative estimate of drug-likeness (QED) is 0.662. The van der Waals surface area contributed by atoms with Crippen molar-refractivity contribution in [3.63, 3.8) is 0 Å². The van der Waals surface area contributed by atoms with Crippen LogP contribution in [0.15, 0.2) is 24.3 Å². The van der Waals surface area contributed by atoms with Gasteiger partial charge >= 0.3 is 5.97 Å². The summed E-state index contributed by atoms with van der Waals surface area (Å²) in [5.74, 6) is -2.16. The third-order valence-corrected chi connectivity index (χ3v) is 6.38. The fraction of sp³-hybridized carbons (Fsp3) is 0.500. The number of nitrogens with zero attached hydrogens (tertiary/aromatic N) is 1. The summed E-state index contributed by atoms with van der Waals surface area (Å²) in [5, 5.41) is 12.8. The van der Waals surface area contributed by atoms with Gasteiger partial charge in [-0.2, -0.15) is 0 Å². The molecule has 28 heavy (non-hydrogen) atoms. The van der Waals surface area contributed by atoms with Crippen LogP contribution in [-0.2, 0) is 16.0 Å². The van der Waals surface area contributed by atoms with Crippen LogP contribution in [0.4, 0.5) is 5.13 Å². The van der Waals surface area contributed by atoms with Crippen LogP contribution in [0.1, 0.15) is 55.9 Å². The Kier molecular flexibility index (Phi) is 6.83. The highest BCUT2D eigenvalue weighted by Crippen LogP contribution is 2.34. The summed E-state index contributed by atoms with van der Waals surface area (Å²) in [6.07, 6.45) is 6.41. The molecule has 0 saturated heterocycles. The molecule has 2 atom stereocenters. The van der Waals surface area contributed by atoms with Gasteiger partial charge in [-0.1, -0.05) is 50.5 Å². The van der Waals surface area contributed by atoms with Gasteiger partial charge in [-0.3, -0.25) is 9.59 Å². The average molecular weight is 401 g/mol. The molecule has 1 aromatic heterocycles. The zero-order valence-electron chi connectivity index (χ0n) is 16.5. The van der Waals surface area contributed by atoms with Crippen LogP contribution in [0.25, 0.3) is 11.3 Å². The van der Waals surface area contributed by atoms with E-state index < -0.39 is 17.8 Å². The third-order valence-electron chi connectivity index (χ3n) is 5.49. The summed E-state index contributed by atoms with van der Waals surface area (Å²) >= 11 is 1.44. The van der Waals surface area contributed by atoms with Crippen LogP contribution in [0.5, 0.6) is 0 Å². The fourth-order valence-corrected chi connectivity index (χ4v) is 4.71. The predicted molar refractivity (Wildman–Crippen MR) is 113 cm³/mol. The largest absolute Gasteiger partial charge is 0.481 e. The Hall–Kier alpha value is -2.21. The van der Waals surface area contributed by atoms with Crippen molar-refractivity contribution in [2.45, 2.75) is 58.8 Å². The van der Waals surface area contributed by atoms with Crippen molar-refractivity contribution in [2.24, 2.45) is 11.8 Å². The van der Waals surface area contributed by atoms with E-state index in [1.54, 1.807) is 0 Å². The number of aryl methyl sites for hydroxylation is 2. The van der Waals surface area contributed by atoms with Gasteiger partial charge in [-0.15, -0.1) is 11.3 Å². The molecular formula is C22H28N2O3S. The van der Waals surface area contributed by atoms with Crippen molar-refractivity contribution in [2.75, 3.05) is 5.32 Å². The van der Waals surface area contributed by atoms with Crippen molar-refractivity contribution in [3.8, 4) is 11.3 Å². The van der Waals surface area contributed by atoms with Crippen LogP contribution in [0.3, 0.4) is 0 Å². The van der Waals surface area contributed by atoms with Crippen molar-refractivity contribution >= 4 is 28.3 Å². The molecule has 1 amide bonds. The first kappa shape index (κ1) is 20.5. The van der Waals surface area contributed by atoms with E-state index in [1.807, 2.05) is 6.92 Å². The van der Waals surface area contributed by atoms with Gasteiger partial charge in [0.2, 0.25) is 5.91 Å². The summed E-state index contributed by atoms with van der Waals surface area (Å²) in [4.78, 5) is 29.8. The zero-order chi connectivity index (χ0) is 20.1. The van der Waals surface area contributed by atoms with Gasteiger partial charge in [-0.05, 0) is 38.2 Å². The Bertz CT molecular complexity index is 829. The number of amides is 1. The molecule has 1 aromatic carbocycles. The van der Waals surface area contributed by atoms with Crippen LogP contribution in [-0.4, -0.2) is 22.0 Å². The number of carboxylic acids is 1. The first-order chi connectivity index (χ1) is 13.5. The van der Waals surface area contributed by atoms with E-state index in [0.29, 0.717) is 18.0 Å². The molecule has 0 aliphatic heterocycles. The number of benzene rings is 1. The van der Waals surface area contributed by atoms with E-state index in [-0.39, 0.29) is 5.91 Å². The van der Waals surface area contributed by atoms with Gasteiger partial charge in [-0.25, -0.2) is 4.98 Å². The second-order valence-electron chi connectivity index (χ2n) is 7.55. The molecule has 1 aliphatic carbocycles. The van der Waals surface area contributed by atoms with Gasteiger partial charge in [0.1, 0.15) is 0 Å². The number of aliphatic carboxylic acids is 1. The second kappa shape index (κ2) is 9.32. The minimum Gasteiger partial charge on any atom is -0.481 e. The molecule has 0 unspecified atom stereocenters. The normalized spacial score (nSPS) is 19.4. The van der Waals surface area contributed by atoms with E-state index in [4.69, 9.17) is 0 Å². The number of hydrogen-bond acceptors (Lipinski definition) is 4. The molecule has 5 nitrogen and oxygen atoms in total. The van der Waals surface area contributed by atoms with Gasteiger partial charge in [0.05, 0.1) is 17.5 Å². The van der Waals surface area contributed by atoms with E-state index >= 15 is 0 Å². The summed E-state index contributed by atoms with van der Waals surface area (Å²) in [7, 11) is 0. The van der Waals surface area contributed by atoms with Crippen LogP contribution in [0, 0.1) is 18.8 Å². The first-order valence-electron chi connectivity index (χ1n) is 10.1. The maximum atomic E-state index is 12.7. The number of aromatic nitrogens is 1. The number of rotatable bonds is 7. The zero-order valence-corrected chi connectivity index (χ0v) is 17.3. The lowest BCUT2D eigenvalue weighted by atomic mass is 9.79. The first-order valence-corrected chi connectivity index (χ1v) is 10.9. The number of nitrogens with one attached hydrogen (secondary N) is 1. The highest BCUT2D eigenvalue weighted by Gasteiger charge is 2.36. The maximum absolute atomic E-state index is 12.7. The van der Waals surface area contributed by atoms with E-state index in [1.165, 1.54) is 29.7 Å². The standard InChI is InChI=1S/C22H28N2O3S/c1-3-4-7-15-10-12-16(13-11-15)19-14(2)28-22(23-19)24-20(25)17-8-5-6-9-18(17)21(26)27/h10-13,17-18H,3-9H2,1-2H3,(H,26,27)(H,23,24,25)/t17-,18-/m1/s1. The summed E-state index contributed by atoms with van der Waals surface area (Å²) in [6.45, 7) is 4.18. The van der Waals surface area contributed by atoms with Crippen molar-refractivity contribution in [3.05, 3.63) is 34.7 Å². The van der Waals surface area contributed by atoms with Crippen LogP contribution < -0.4 is 5.32 Å². The lowest BCUT2D eigenvalue weighted by Gasteiger charge is -2.26. The highest BCUT2D eigenvalue weighted by molar-refractivity contribution is 7.16. The van der Waals surface area contributed by atoms with E-state index in [0.717, 1.165) is 35.4 Å². The van der Waals surface area contributed by atoms with Crippen molar-refractivity contribution in [1.29, 1.82) is 0 Å². The number of hydrogen-bond donors (Lipinski definition) is 2. The minimum atomic E-state index is -0.876. The minimum absolute atomic E-state index is 0.220. The molecule has 2 aromatic rings. The molecule has 2 N–H and O–H groups in total.